The Morgan fingerprint density at radius 3 is 2.72 bits per heavy atom. The topological polar surface area (TPSA) is 34.9 Å². The highest BCUT2D eigenvalue weighted by atomic mass is 79.9. The Morgan fingerprint density at radius 2 is 2.06 bits per heavy atom. The molecule has 0 atom stereocenters. The van der Waals surface area contributed by atoms with Gasteiger partial charge in [-0.2, -0.15) is 13.2 Å². The van der Waals surface area contributed by atoms with E-state index >= 15 is 0 Å². The van der Waals surface area contributed by atoms with E-state index in [1.54, 1.807) is 18.2 Å². The van der Waals surface area contributed by atoms with Gasteiger partial charge in [-0.3, -0.25) is 9.36 Å². The molecule has 0 saturated carbocycles. The van der Waals surface area contributed by atoms with Crippen LogP contribution in [0.3, 0.4) is 0 Å². The fraction of sp³-hybridized carbons (Fsp3) is 0.273. The van der Waals surface area contributed by atoms with E-state index in [-0.39, 0.29) is 0 Å². The van der Waals surface area contributed by atoms with Crippen molar-refractivity contribution in [2.75, 3.05) is 0 Å². The highest BCUT2D eigenvalue weighted by Gasteiger charge is 2.26. The maximum Gasteiger partial charge on any atom is 0.390 e. The number of alkyl halides is 3. The van der Waals surface area contributed by atoms with Crippen molar-refractivity contribution >= 4 is 26.8 Å². The minimum absolute atomic E-state index is 0.300. The number of rotatable bonds is 2. The molecule has 0 aliphatic rings. The third-order valence-electron chi connectivity index (χ3n) is 2.42. The highest BCUT2D eigenvalue weighted by molar-refractivity contribution is 9.10. The van der Waals surface area contributed by atoms with Crippen molar-refractivity contribution in [3.05, 3.63) is 39.4 Å². The molecule has 0 N–H and O–H groups in total. The van der Waals surface area contributed by atoms with Gasteiger partial charge >= 0.3 is 6.18 Å². The first kappa shape index (κ1) is 13.1. The Kier molecular flexibility index (Phi) is 3.43. The minimum Gasteiger partial charge on any atom is -0.298 e. The van der Waals surface area contributed by atoms with Crippen LogP contribution in [0.15, 0.2) is 33.8 Å². The zero-order chi connectivity index (χ0) is 13.3. The van der Waals surface area contributed by atoms with Crippen LogP contribution in [0.4, 0.5) is 13.2 Å². The molecule has 2 rings (SSSR count). The number of benzene rings is 1. The zero-order valence-corrected chi connectivity index (χ0v) is 10.6. The van der Waals surface area contributed by atoms with Crippen molar-refractivity contribution < 1.29 is 13.2 Å². The second-order valence-electron chi connectivity index (χ2n) is 3.77. The molecule has 0 amide bonds. The summed E-state index contributed by atoms with van der Waals surface area (Å²) in [6.45, 7) is -0.419. The zero-order valence-electron chi connectivity index (χ0n) is 9.04. The molecule has 0 aliphatic carbocycles. The average Bonchev–Trinajstić information content (AvgIpc) is 2.28. The fourth-order valence-corrected chi connectivity index (χ4v) is 1.90. The lowest BCUT2D eigenvalue weighted by atomic mass is 10.2. The van der Waals surface area contributed by atoms with Crippen molar-refractivity contribution in [1.82, 2.24) is 9.55 Å². The van der Waals surface area contributed by atoms with Crippen molar-refractivity contribution in [2.24, 2.45) is 0 Å². The van der Waals surface area contributed by atoms with E-state index in [9.17, 15) is 18.0 Å². The van der Waals surface area contributed by atoms with Crippen LogP contribution in [0, 0.1) is 0 Å². The lowest BCUT2D eigenvalue weighted by Gasteiger charge is -2.08. The van der Waals surface area contributed by atoms with E-state index < -0.39 is 24.7 Å². The van der Waals surface area contributed by atoms with Crippen LogP contribution in [0.2, 0.25) is 0 Å². The molecule has 2 aromatic rings. The minimum atomic E-state index is -4.29. The molecular weight excluding hydrogens is 313 g/mol. The predicted molar refractivity (Wildman–Crippen MR) is 64.4 cm³/mol. The summed E-state index contributed by atoms with van der Waals surface area (Å²) in [6, 6.07) is 4.90. The maximum atomic E-state index is 12.1. The molecule has 0 radical (unpaired) electrons. The SMILES string of the molecule is O=c1c2cc(Br)ccc2ncn1CCC(F)(F)F. The van der Waals surface area contributed by atoms with Gasteiger partial charge in [0, 0.05) is 11.0 Å². The first-order valence-electron chi connectivity index (χ1n) is 5.08. The Hall–Kier alpha value is -1.37. The average molecular weight is 321 g/mol. The Balaban J connectivity index is 2.41. The molecule has 0 spiro atoms. The van der Waals surface area contributed by atoms with Gasteiger partial charge in [0.2, 0.25) is 0 Å². The molecule has 18 heavy (non-hydrogen) atoms. The van der Waals surface area contributed by atoms with Gasteiger partial charge in [-0.25, -0.2) is 4.98 Å². The lowest BCUT2D eigenvalue weighted by molar-refractivity contribution is -0.136. The van der Waals surface area contributed by atoms with Gasteiger partial charge in [-0.15, -0.1) is 0 Å². The van der Waals surface area contributed by atoms with Crippen molar-refractivity contribution in [1.29, 1.82) is 0 Å². The quantitative estimate of drug-likeness (QED) is 0.852. The summed E-state index contributed by atoms with van der Waals surface area (Å²) in [6.07, 6.45) is -4.19. The molecule has 1 aromatic heterocycles. The van der Waals surface area contributed by atoms with Crippen LogP contribution in [-0.2, 0) is 6.54 Å². The van der Waals surface area contributed by atoms with E-state index in [0.29, 0.717) is 15.4 Å². The van der Waals surface area contributed by atoms with Gasteiger partial charge in [-0.1, -0.05) is 15.9 Å². The second-order valence-corrected chi connectivity index (χ2v) is 4.69. The first-order valence-corrected chi connectivity index (χ1v) is 5.87. The second kappa shape index (κ2) is 4.72. The number of nitrogens with zero attached hydrogens (tertiary/aromatic N) is 2. The molecule has 1 heterocycles. The van der Waals surface area contributed by atoms with Crippen molar-refractivity contribution in [3.63, 3.8) is 0 Å². The summed E-state index contributed by atoms with van der Waals surface area (Å²) < 4.78 is 38.0. The number of hydrogen-bond acceptors (Lipinski definition) is 2. The van der Waals surface area contributed by atoms with Crippen LogP contribution in [0.25, 0.3) is 10.9 Å². The number of aryl methyl sites for hydroxylation is 1. The summed E-state index contributed by atoms with van der Waals surface area (Å²) in [5.74, 6) is 0. The van der Waals surface area contributed by atoms with Gasteiger partial charge in [0.25, 0.3) is 5.56 Å². The third kappa shape index (κ3) is 2.90. The summed E-state index contributed by atoms with van der Waals surface area (Å²) in [4.78, 5) is 15.9. The monoisotopic (exact) mass is 320 g/mol. The van der Waals surface area contributed by atoms with Crippen molar-refractivity contribution in [2.45, 2.75) is 19.1 Å². The highest BCUT2D eigenvalue weighted by Crippen LogP contribution is 2.20. The lowest BCUT2D eigenvalue weighted by Crippen LogP contribution is -2.23. The molecule has 0 bridgehead atoms. The Labute approximate surface area is 108 Å². The number of halogens is 4. The third-order valence-corrected chi connectivity index (χ3v) is 2.92. The van der Waals surface area contributed by atoms with E-state index in [2.05, 4.69) is 20.9 Å². The van der Waals surface area contributed by atoms with E-state index in [1.807, 2.05) is 0 Å². The molecule has 0 unspecified atom stereocenters. The van der Waals surface area contributed by atoms with Crippen LogP contribution in [-0.4, -0.2) is 15.7 Å². The molecule has 0 saturated heterocycles. The first-order chi connectivity index (χ1) is 8.37. The summed E-state index contributed by atoms with van der Waals surface area (Å²) >= 11 is 3.21. The number of fused-ring (bicyclic) bond motifs is 1. The van der Waals surface area contributed by atoms with Gasteiger partial charge in [0.1, 0.15) is 0 Å². The van der Waals surface area contributed by atoms with Crippen molar-refractivity contribution in [3.8, 4) is 0 Å². The predicted octanol–water partition coefficient (Wildman–Crippen LogP) is 3.11. The van der Waals surface area contributed by atoms with Gasteiger partial charge in [0.05, 0.1) is 23.7 Å². The smallest absolute Gasteiger partial charge is 0.298 e. The molecule has 3 nitrogen and oxygen atoms in total. The van der Waals surface area contributed by atoms with Gasteiger partial charge < -0.3 is 0 Å². The molecule has 96 valence electrons. The van der Waals surface area contributed by atoms with Crippen LogP contribution in [0.1, 0.15) is 6.42 Å². The van der Waals surface area contributed by atoms with Gasteiger partial charge in [0.15, 0.2) is 0 Å². The summed E-state index contributed by atoms with van der Waals surface area (Å²) in [7, 11) is 0. The molecule has 0 aliphatic heterocycles. The Bertz CT molecular complexity index is 636. The van der Waals surface area contributed by atoms with Crippen LogP contribution >= 0.6 is 15.9 Å². The normalized spacial score (nSPS) is 12.0. The van der Waals surface area contributed by atoms with Gasteiger partial charge in [-0.05, 0) is 18.2 Å². The number of aromatic nitrogens is 2. The van der Waals surface area contributed by atoms with Crippen LogP contribution < -0.4 is 5.56 Å². The summed E-state index contributed by atoms with van der Waals surface area (Å²) in [5.41, 5.74) is -0.00277. The molecule has 1 aromatic carbocycles. The number of hydrogen-bond donors (Lipinski definition) is 0. The fourth-order valence-electron chi connectivity index (χ4n) is 1.54. The van der Waals surface area contributed by atoms with E-state index in [0.717, 1.165) is 10.9 Å². The molecule has 0 fully saturated rings. The standard InChI is InChI=1S/C11H8BrF3N2O/c12-7-1-2-9-8(5-7)10(18)17(6-16-9)4-3-11(13,14)15/h1-2,5-6H,3-4H2. The summed E-state index contributed by atoms with van der Waals surface area (Å²) in [5, 5.41) is 0.300. The Morgan fingerprint density at radius 1 is 1.33 bits per heavy atom. The largest absolute Gasteiger partial charge is 0.390 e. The van der Waals surface area contributed by atoms with Crippen LogP contribution in [0.5, 0.6) is 0 Å². The molecule has 7 heteroatoms. The van der Waals surface area contributed by atoms with E-state index in [1.165, 1.54) is 0 Å². The van der Waals surface area contributed by atoms with E-state index in [4.69, 9.17) is 0 Å². The molecular formula is C11H8BrF3N2O. The maximum absolute atomic E-state index is 12.1.